The van der Waals surface area contributed by atoms with Gasteiger partial charge < -0.3 is 14.6 Å². The van der Waals surface area contributed by atoms with Gasteiger partial charge >= 0.3 is 0 Å². The standard InChI is InChI=1S/C16H22N4O2/c1-8-15(14-9(2)20-22-10(14)3)17-11(4)18-16(8)19-12-6-13(7-12)21-5/h12-13H,6-7H2,1-5H3,(H,17,18,19)/t12-,13+. The molecule has 2 aromatic heterocycles. The maximum atomic E-state index is 5.33. The lowest BCUT2D eigenvalue weighted by molar-refractivity contribution is 0.0327. The van der Waals surface area contributed by atoms with Gasteiger partial charge in [-0.05, 0) is 40.5 Å². The van der Waals surface area contributed by atoms with Crippen molar-refractivity contribution in [2.24, 2.45) is 0 Å². The van der Waals surface area contributed by atoms with E-state index in [1.54, 1.807) is 7.11 Å². The zero-order valence-electron chi connectivity index (χ0n) is 13.7. The van der Waals surface area contributed by atoms with Crippen LogP contribution in [0, 0.1) is 27.7 Å². The molecule has 0 aliphatic heterocycles. The van der Waals surface area contributed by atoms with Crippen LogP contribution in [0.25, 0.3) is 11.3 Å². The SMILES string of the molecule is CO[C@H]1C[C@@H](Nc2nc(C)nc(-c3c(C)noc3C)c2C)C1. The number of hydrogen-bond acceptors (Lipinski definition) is 6. The normalized spacial score (nSPS) is 20.8. The Kier molecular flexibility index (Phi) is 3.87. The molecule has 0 unspecified atom stereocenters. The highest BCUT2D eigenvalue weighted by atomic mass is 16.5. The number of hydrogen-bond donors (Lipinski definition) is 1. The predicted octanol–water partition coefficient (Wildman–Crippen LogP) is 2.95. The molecule has 0 saturated heterocycles. The molecule has 2 heterocycles. The highest BCUT2D eigenvalue weighted by Gasteiger charge is 2.30. The van der Waals surface area contributed by atoms with Crippen LogP contribution >= 0.6 is 0 Å². The number of nitrogens with one attached hydrogen (secondary N) is 1. The highest BCUT2D eigenvalue weighted by molar-refractivity contribution is 5.71. The molecule has 0 bridgehead atoms. The van der Waals surface area contributed by atoms with Crippen molar-refractivity contribution in [3.63, 3.8) is 0 Å². The molecule has 0 spiro atoms. The van der Waals surface area contributed by atoms with Gasteiger partial charge in [0.25, 0.3) is 0 Å². The van der Waals surface area contributed by atoms with Gasteiger partial charge in [0.15, 0.2) is 0 Å². The second-order valence-electron chi connectivity index (χ2n) is 5.96. The summed E-state index contributed by atoms with van der Waals surface area (Å²) in [6, 6.07) is 0.412. The minimum absolute atomic E-state index is 0.364. The summed E-state index contributed by atoms with van der Waals surface area (Å²) in [5.41, 5.74) is 3.75. The van der Waals surface area contributed by atoms with E-state index in [4.69, 9.17) is 9.26 Å². The van der Waals surface area contributed by atoms with Gasteiger partial charge in [-0.25, -0.2) is 9.97 Å². The van der Waals surface area contributed by atoms with Crippen LogP contribution in [0.3, 0.4) is 0 Å². The van der Waals surface area contributed by atoms with E-state index >= 15 is 0 Å². The Hall–Kier alpha value is -1.95. The lowest BCUT2D eigenvalue weighted by Gasteiger charge is -2.35. The Morgan fingerprint density at radius 3 is 2.45 bits per heavy atom. The van der Waals surface area contributed by atoms with Gasteiger partial charge in [0.05, 0.1) is 23.1 Å². The second kappa shape index (κ2) is 5.68. The molecule has 2 aromatic rings. The van der Waals surface area contributed by atoms with Crippen molar-refractivity contribution < 1.29 is 9.26 Å². The third-order valence-corrected chi connectivity index (χ3v) is 4.30. The molecular weight excluding hydrogens is 280 g/mol. The fourth-order valence-corrected chi connectivity index (χ4v) is 2.90. The zero-order chi connectivity index (χ0) is 15.9. The van der Waals surface area contributed by atoms with E-state index in [0.29, 0.717) is 12.1 Å². The summed E-state index contributed by atoms with van der Waals surface area (Å²) < 4.78 is 10.6. The summed E-state index contributed by atoms with van der Waals surface area (Å²) >= 11 is 0. The molecule has 22 heavy (non-hydrogen) atoms. The van der Waals surface area contributed by atoms with Gasteiger partial charge in [-0.1, -0.05) is 5.16 Å². The largest absolute Gasteiger partial charge is 0.381 e. The maximum absolute atomic E-state index is 5.33. The van der Waals surface area contributed by atoms with Crippen molar-refractivity contribution in [1.29, 1.82) is 0 Å². The number of anilines is 1. The molecule has 3 rings (SSSR count). The molecule has 0 amide bonds. The van der Waals surface area contributed by atoms with E-state index in [9.17, 15) is 0 Å². The van der Waals surface area contributed by atoms with Crippen molar-refractivity contribution in [3.05, 3.63) is 22.8 Å². The first-order valence-corrected chi connectivity index (χ1v) is 7.57. The number of ether oxygens (including phenoxy) is 1. The van der Waals surface area contributed by atoms with E-state index < -0.39 is 0 Å². The highest BCUT2D eigenvalue weighted by Crippen LogP contribution is 2.33. The van der Waals surface area contributed by atoms with E-state index in [2.05, 4.69) is 20.4 Å². The summed E-state index contributed by atoms with van der Waals surface area (Å²) in [6.45, 7) is 7.79. The lowest BCUT2D eigenvalue weighted by Crippen LogP contribution is -2.40. The predicted molar refractivity (Wildman–Crippen MR) is 83.9 cm³/mol. The van der Waals surface area contributed by atoms with Crippen molar-refractivity contribution in [1.82, 2.24) is 15.1 Å². The minimum Gasteiger partial charge on any atom is -0.381 e. The Morgan fingerprint density at radius 2 is 1.86 bits per heavy atom. The van der Waals surface area contributed by atoms with Crippen molar-refractivity contribution in [2.45, 2.75) is 52.7 Å². The van der Waals surface area contributed by atoms with E-state index in [1.165, 1.54) is 0 Å². The Balaban J connectivity index is 1.93. The van der Waals surface area contributed by atoms with Crippen LogP contribution < -0.4 is 5.32 Å². The summed E-state index contributed by atoms with van der Waals surface area (Å²) in [7, 11) is 1.76. The first kappa shape index (κ1) is 15.0. The van der Waals surface area contributed by atoms with Crippen molar-refractivity contribution in [3.8, 4) is 11.3 Å². The Labute approximate surface area is 130 Å². The van der Waals surface area contributed by atoms with Crippen LogP contribution in [0.1, 0.15) is 35.7 Å². The molecule has 1 fully saturated rings. The van der Waals surface area contributed by atoms with Crippen LogP contribution in [0.5, 0.6) is 0 Å². The second-order valence-corrected chi connectivity index (χ2v) is 5.96. The Bertz CT molecular complexity index is 670. The fraction of sp³-hybridized carbons (Fsp3) is 0.562. The zero-order valence-corrected chi connectivity index (χ0v) is 13.7. The van der Waals surface area contributed by atoms with Crippen LogP contribution in [-0.4, -0.2) is 34.4 Å². The van der Waals surface area contributed by atoms with Crippen LogP contribution in [0.4, 0.5) is 5.82 Å². The molecule has 1 saturated carbocycles. The van der Waals surface area contributed by atoms with Gasteiger partial charge in [0.1, 0.15) is 17.4 Å². The van der Waals surface area contributed by atoms with Gasteiger partial charge in [-0.2, -0.15) is 0 Å². The van der Waals surface area contributed by atoms with Gasteiger partial charge in [-0.3, -0.25) is 0 Å². The van der Waals surface area contributed by atoms with Crippen molar-refractivity contribution in [2.75, 3.05) is 12.4 Å². The van der Waals surface area contributed by atoms with Gasteiger partial charge in [0, 0.05) is 18.7 Å². The maximum Gasteiger partial charge on any atom is 0.143 e. The number of aryl methyl sites for hydroxylation is 3. The average molecular weight is 302 g/mol. The number of aromatic nitrogens is 3. The van der Waals surface area contributed by atoms with Crippen LogP contribution in [0.15, 0.2) is 4.52 Å². The monoisotopic (exact) mass is 302 g/mol. The minimum atomic E-state index is 0.364. The molecule has 118 valence electrons. The van der Waals surface area contributed by atoms with Crippen LogP contribution in [0.2, 0.25) is 0 Å². The summed E-state index contributed by atoms with van der Waals surface area (Å²) in [5.74, 6) is 2.42. The van der Waals surface area contributed by atoms with E-state index in [1.807, 2.05) is 27.7 Å². The first-order chi connectivity index (χ1) is 10.5. The van der Waals surface area contributed by atoms with Crippen LogP contribution in [-0.2, 0) is 4.74 Å². The third kappa shape index (κ3) is 2.59. The van der Waals surface area contributed by atoms with E-state index in [0.717, 1.165) is 52.8 Å². The number of nitrogens with zero attached hydrogens (tertiary/aromatic N) is 3. The molecule has 0 aromatic carbocycles. The Morgan fingerprint density at radius 1 is 1.14 bits per heavy atom. The quantitative estimate of drug-likeness (QED) is 0.936. The molecule has 1 aliphatic carbocycles. The van der Waals surface area contributed by atoms with Gasteiger partial charge in [0.2, 0.25) is 0 Å². The van der Waals surface area contributed by atoms with Crippen molar-refractivity contribution >= 4 is 5.82 Å². The topological polar surface area (TPSA) is 73.1 Å². The molecule has 0 radical (unpaired) electrons. The number of methoxy groups -OCH3 is 1. The summed E-state index contributed by atoms with van der Waals surface area (Å²) in [6.07, 6.45) is 2.39. The molecule has 0 atom stereocenters. The number of rotatable bonds is 4. The molecule has 6 nitrogen and oxygen atoms in total. The fourth-order valence-electron chi connectivity index (χ4n) is 2.90. The van der Waals surface area contributed by atoms with E-state index in [-0.39, 0.29) is 0 Å². The summed E-state index contributed by atoms with van der Waals surface area (Å²) in [4.78, 5) is 9.17. The molecule has 1 N–H and O–H groups in total. The smallest absolute Gasteiger partial charge is 0.143 e. The molecule has 1 aliphatic rings. The van der Waals surface area contributed by atoms with Gasteiger partial charge in [-0.15, -0.1) is 0 Å². The third-order valence-electron chi connectivity index (χ3n) is 4.30. The first-order valence-electron chi connectivity index (χ1n) is 7.57. The average Bonchev–Trinajstić information content (AvgIpc) is 2.76. The molecular formula is C16H22N4O2. The summed E-state index contributed by atoms with van der Waals surface area (Å²) in [5, 5.41) is 7.54. The molecule has 6 heteroatoms. The lowest BCUT2D eigenvalue weighted by atomic mass is 9.89.